The average Bonchev–Trinajstić information content (AvgIpc) is 2.44. The molecule has 1 heterocycles. The van der Waals surface area contributed by atoms with E-state index < -0.39 is 23.3 Å². The molecular formula is C16H20BrNO5. The van der Waals surface area contributed by atoms with Crippen molar-refractivity contribution in [2.24, 2.45) is 0 Å². The third kappa shape index (κ3) is 3.44. The topological polar surface area (TPSA) is 76.1 Å². The van der Waals surface area contributed by atoms with Gasteiger partial charge in [0.25, 0.3) is 0 Å². The maximum absolute atomic E-state index is 12.6. The first-order valence-electron chi connectivity index (χ1n) is 7.31. The molecule has 2 rings (SSSR count). The van der Waals surface area contributed by atoms with E-state index in [2.05, 4.69) is 15.9 Å². The van der Waals surface area contributed by atoms with E-state index in [1.807, 2.05) is 0 Å². The fraction of sp³-hybridized carbons (Fsp3) is 0.500. The van der Waals surface area contributed by atoms with Crippen LogP contribution in [0.15, 0.2) is 22.7 Å². The normalized spacial score (nSPS) is 20.5. The third-order valence-electron chi connectivity index (χ3n) is 3.52. The molecule has 1 atom stereocenters. The number of halogens is 1. The molecule has 1 aromatic carbocycles. The zero-order valence-electron chi connectivity index (χ0n) is 13.6. The van der Waals surface area contributed by atoms with Crippen molar-refractivity contribution in [2.75, 3.05) is 11.4 Å². The third-order valence-corrected chi connectivity index (χ3v) is 4.15. The summed E-state index contributed by atoms with van der Waals surface area (Å²) in [5.41, 5.74) is -1.70. The second-order valence-electron chi connectivity index (χ2n) is 6.41. The van der Waals surface area contributed by atoms with E-state index in [9.17, 15) is 14.7 Å². The molecule has 0 saturated carbocycles. The number of hydrogen-bond donors (Lipinski definition) is 1. The predicted octanol–water partition coefficient (Wildman–Crippen LogP) is 3.82. The zero-order chi connectivity index (χ0) is 17.4. The number of carboxylic acid groups (broad SMARTS) is 1. The number of rotatable bonds is 2. The molecule has 1 N–H and O–H groups in total. The van der Waals surface area contributed by atoms with Crippen LogP contribution in [0.3, 0.4) is 0 Å². The van der Waals surface area contributed by atoms with Gasteiger partial charge in [-0.2, -0.15) is 0 Å². The van der Waals surface area contributed by atoms with Gasteiger partial charge >= 0.3 is 12.1 Å². The van der Waals surface area contributed by atoms with Crippen LogP contribution in [0.25, 0.3) is 0 Å². The first kappa shape index (κ1) is 17.6. The van der Waals surface area contributed by atoms with E-state index >= 15 is 0 Å². The maximum Gasteiger partial charge on any atom is 0.415 e. The van der Waals surface area contributed by atoms with Crippen molar-refractivity contribution in [1.82, 2.24) is 0 Å². The van der Waals surface area contributed by atoms with Crippen molar-refractivity contribution in [2.45, 2.75) is 45.3 Å². The Morgan fingerprint density at radius 1 is 1.43 bits per heavy atom. The number of amides is 1. The molecule has 0 radical (unpaired) electrons. The van der Waals surface area contributed by atoms with Gasteiger partial charge in [0.2, 0.25) is 5.60 Å². The Hall–Kier alpha value is -1.76. The molecule has 0 aromatic heterocycles. The van der Waals surface area contributed by atoms with Crippen LogP contribution >= 0.6 is 15.9 Å². The number of carbonyl (C=O) groups excluding carboxylic acids is 1. The summed E-state index contributed by atoms with van der Waals surface area (Å²) in [5.74, 6) is -0.788. The van der Waals surface area contributed by atoms with Gasteiger partial charge in [-0.05, 0) is 55.3 Å². The lowest BCUT2D eigenvalue weighted by atomic mass is 9.97. The summed E-state index contributed by atoms with van der Waals surface area (Å²) in [6.07, 6.45) is -0.387. The Balaban J connectivity index is 2.51. The Labute approximate surface area is 143 Å². The van der Waals surface area contributed by atoms with E-state index in [1.165, 1.54) is 4.90 Å². The van der Waals surface area contributed by atoms with Crippen molar-refractivity contribution in [3.63, 3.8) is 0 Å². The quantitative estimate of drug-likeness (QED) is 0.837. The first-order chi connectivity index (χ1) is 10.6. The molecule has 0 saturated heterocycles. The van der Waals surface area contributed by atoms with Crippen LogP contribution in [0.2, 0.25) is 0 Å². The van der Waals surface area contributed by atoms with E-state index in [1.54, 1.807) is 45.9 Å². The van der Waals surface area contributed by atoms with Gasteiger partial charge in [0, 0.05) is 0 Å². The molecule has 23 heavy (non-hydrogen) atoms. The summed E-state index contributed by atoms with van der Waals surface area (Å²) in [6, 6.07) is 5.19. The van der Waals surface area contributed by atoms with Crippen molar-refractivity contribution in [3.05, 3.63) is 22.7 Å². The Morgan fingerprint density at radius 2 is 2.09 bits per heavy atom. The molecular weight excluding hydrogens is 366 g/mol. The Bertz CT molecular complexity index is 640. The number of hydrogen-bond acceptors (Lipinski definition) is 4. The minimum atomic E-state index is -1.51. The molecule has 0 bridgehead atoms. The highest BCUT2D eigenvalue weighted by atomic mass is 79.9. The number of fused-ring (bicyclic) bond motifs is 1. The average molecular weight is 386 g/mol. The molecule has 1 aliphatic rings. The molecule has 6 nitrogen and oxygen atoms in total. The number of nitrogens with zero attached hydrogens (tertiary/aromatic N) is 1. The SMILES string of the molecule is CCC1(C(=O)O)CN(C(=O)OC(C)(C)C)c2cccc(Br)c2O1. The molecule has 0 fully saturated rings. The second-order valence-corrected chi connectivity index (χ2v) is 7.26. The number of carbonyl (C=O) groups is 2. The summed E-state index contributed by atoms with van der Waals surface area (Å²) in [6.45, 7) is 6.88. The van der Waals surface area contributed by atoms with Crippen LogP contribution in [-0.2, 0) is 9.53 Å². The number of anilines is 1. The smallest absolute Gasteiger partial charge is 0.415 e. The van der Waals surface area contributed by atoms with Gasteiger partial charge in [-0.3, -0.25) is 4.90 Å². The van der Waals surface area contributed by atoms with E-state index in [0.29, 0.717) is 15.9 Å². The van der Waals surface area contributed by atoms with Crippen LogP contribution in [0.5, 0.6) is 5.75 Å². The van der Waals surface area contributed by atoms with E-state index in [4.69, 9.17) is 9.47 Å². The first-order valence-corrected chi connectivity index (χ1v) is 8.10. The van der Waals surface area contributed by atoms with Gasteiger partial charge in [-0.1, -0.05) is 13.0 Å². The predicted molar refractivity (Wildman–Crippen MR) is 89.0 cm³/mol. The van der Waals surface area contributed by atoms with Crippen molar-refractivity contribution in [3.8, 4) is 5.75 Å². The minimum absolute atomic E-state index is 0.114. The van der Waals surface area contributed by atoms with Gasteiger partial charge in [-0.25, -0.2) is 9.59 Å². The maximum atomic E-state index is 12.6. The standard InChI is InChI=1S/C16H20BrNO5/c1-5-16(13(19)20)9-18(14(21)23-15(2,3)4)11-8-6-7-10(17)12(11)22-16/h6-8H,5,9H2,1-4H3,(H,19,20). The molecule has 0 aliphatic carbocycles. The summed E-state index contributed by atoms with van der Waals surface area (Å²) < 4.78 is 11.8. The molecule has 7 heteroatoms. The van der Waals surface area contributed by atoms with Gasteiger partial charge in [0.15, 0.2) is 5.75 Å². The van der Waals surface area contributed by atoms with Crippen LogP contribution in [0, 0.1) is 0 Å². The molecule has 126 valence electrons. The molecule has 1 amide bonds. The van der Waals surface area contributed by atoms with Gasteiger partial charge < -0.3 is 14.6 Å². The highest BCUT2D eigenvalue weighted by Gasteiger charge is 2.48. The number of para-hydroxylation sites is 1. The highest BCUT2D eigenvalue weighted by molar-refractivity contribution is 9.10. The van der Waals surface area contributed by atoms with Crippen LogP contribution in [0.1, 0.15) is 34.1 Å². The second kappa shape index (κ2) is 6.03. The van der Waals surface area contributed by atoms with Gasteiger partial charge in [-0.15, -0.1) is 0 Å². The molecule has 1 unspecified atom stereocenters. The lowest BCUT2D eigenvalue weighted by molar-refractivity contribution is -0.155. The van der Waals surface area contributed by atoms with Crippen LogP contribution in [-0.4, -0.2) is 34.9 Å². The number of aliphatic carboxylic acids is 1. The lowest BCUT2D eigenvalue weighted by Gasteiger charge is -2.41. The Morgan fingerprint density at radius 3 is 2.61 bits per heavy atom. The van der Waals surface area contributed by atoms with Gasteiger partial charge in [0.05, 0.1) is 16.7 Å². The fourth-order valence-corrected chi connectivity index (χ4v) is 2.74. The van der Waals surface area contributed by atoms with Crippen molar-refractivity contribution < 1.29 is 24.2 Å². The summed E-state index contributed by atoms with van der Waals surface area (Å²) in [5, 5.41) is 9.62. The fourth-order valence-electron chi connectivity index (χ4n) is 2.31. The zero-order valence-corrected chi connectivity index (χ0v) is 15.1. The van der Waals surface area contributed by atoms with Crippen molar-refractivity contribution >= 4 is 33.7 Å². The van der Waals surface area contributed by atoms with Gasteiger partial charge in [0.1, 0.15) is 5.60 Å². The minimum Gasteiger partial charge on any atom is -0.478 e. The lowest BCUT2D eigenvalue weighted by Crippen LogP contribution is -2.58. The number of ether oxygens (including phenoxy) is 2. The van der Waals surface area contributed by atoms with E-state index in [-0.39, 0.29) is 13.0 Å². The highest BCUT2D eigenvalue weighted by Crippen LogP contribution is 2.43. The van der Waals surface area contributed by atoms with Crippen LogP contribution < -0.4 is 9.64 Å². The Kier molecular flexibility index (Phi) is 4.61. The molecule has 1 aromatic rings. The summed E-state index contributed by atoms with van der Waals surface area (Å²) >= 11 is 3.35. The molecule has 1 aliphatic heterocycles. The number of benzene rings is 1. The largest absolute Gasteiger partial charge is 0.478 e. The monoisotopic (exact) mass is 385 g/mol. The molecule has 0 spiro atoms. The summed E-state index contributed by atoms with van der Waals surface area (Å²) in [7, 11) is 0. The van der Waals surface area contributed by atoms with Crippen molar-refractivity contribution in [1.29, 1.82) is 0 Å². The van der Waals surface area contributed by atoms with E-state index in [0.717, 1.165) is 0 Å². The summed E-state index contributed by atoms with van der Waals surface area (Å²) in [4.78, 5) is 25.6. The van der Waals surface area contributed by atoms with Crippen LogP contribution in [0.4, 0.5) is 10.5 Å². The number of carboxylic acids is 1.